The maximum absolute atomic E-state index is 13.9. The molecule has 0 bridgehead atoms. The summed E-state index contributed by atoms with van der Waals surface area (Å²) in [5.41, 5.74) is 0.625. The van der Waals surface area contributed by atoms with E-state index in [0.717, 1.165) is 18.5 Å². The fourth-order valence-corrected chi connectivity index (χ4v) is 3.59. The van der Waals surface area contributed by atoms with E-state index in [1.807, 2.05) is 0 Å². The zero-order valence-corrected chi connectivity index (χ0v) is 13.2. The van der Waals surface area contributed by atoms with Gasteiger partial charge in [0.25, 0.3) is 0 Å². The highest BCUT2D eigenvalue weighted by Crippen LogP contribution is 2.33. The van der Waals surface area contributed by atoms with Gasteiger partial charge in [-0.05, 0) is 49.3 Å². The van der Waals surface area contributed by atoms with Gasteiger partial charge in [0.2, 0.25) is 0 Å². The second kappa shape index (κ2) is 7.88. The first-order valence-corrected chi connectivity index (χ1v) is 8.31. The molecule has 3 heteroatoms. The molecule has 21 heavy (non-hydrogen) atoms. The molecule has 1 nitrogen and oxygen atoms in total. The zero-order valence-electron chi connectivity index (χ0n) is 13.2. The van der Waals surface area contributed by atoms with Gasteiger partial charge in [-0.3, -0.25) is 0 Å². The highest BCUT2D eigenvalue weighted by molar-refractivity contribution is 5.20. The predicted octanol–water partition coefficient (Wildman–Crippen LogP) is 4.70. The molecule has 0 spiro atoms. The molecule has 1 aliphatic rings. The van der Waals surface area contributed by atoms with Crippen LogP contribution in [0.4, 0.5) is 8.78 Å². The number of hydrogen-bond donors (Lipinski definition) is 1. The third-order valence-corrected chi connectivity index (χ3v) is 4.96. The van der Waals surface area contributed by atoms with Crippen LogP contribution in [-0.2, 0) is 6.42 Å². The molecule has 0 aliphatic heterocycles. The highest BCUT2D eigenvalue weighted by Gasteiger charge is 2.27. The predicted molar refractivity (Wildman–Crippen MR) is 83.3 cm³/mol. The summed E-state index contributed by atoms with van der Waals surface area (Å²) in [4.78, 5) is 0. The molecule has 2 rings (SSSR count). The molecule has 1 fully saturated rings. The Morgan fingerprint density at radius 3 is 2.43 bits per heavy atom. The van der Waals surface area contributed by atoms with Crippen LogP contribution in [0.2, 0.25) is 0 Å². The lowest BCUT2D eigenvalue weighted by atomic mass is 9.76. The van der Waals surface area contributed by atoms with Crippen LogP contribution in [0, 0.1) is 23.5 Å². The van der Waals surface area contributed by atoms with E-state index in [9.17, 15) is 8.78 Å². The summed E-state index contributed by atoms with van der Waals surface area (Å²) in [7, 11) is 0. The summed E-state index contributed by atoms with van der Waals surface area (Å²) in [5.74, 6) is 0.558. The van der Waals surface area contributed by atoms with Crippen molar-refractivity contribution in [1.82, 2.24) is 5.32 Å². The van der Waals surface area contributed by atoms with Crippen molar-refractivity contribution in [3.8, 4) is 0 Å². The Hall–Kier alpha value is -0.960. The van der Waals surface area contributed by atoms with Crippen molar-refractivity contribution in [1.29, 1.82) is 0 Å². The Labute approximate surface area is 127 Å². The molecule has 1 aliphatic carbocycles. The minimum Gasteiger partial charge on any atom is -0.314 e. The molecule has 0 amide bonds. The Kier molecular flexibility index (Phi) is 6.16. The number of nitrogens with one attached hydrogen (secondary N) is 1. The van der Waals surface area contributed by atoms with Crippen molar-refractivity contribution in [2.75, 3.05) is 6.54 Å². The van der Waals surface area contributed by atoms with E-state index in [2.05, 4.69) is 19.2 Å². The Bertz CT molecular complexity index is 439. The second-order valence-corrected chi connectivity index (χ2v) is 6.29. The van der Waals surface area contributed by atoms with Gasteiger partial charge in [-0.1, -0.05) is 39.2 Å². The summed E-state index contributed by atoms with van der Waals surface area (Å²) in [5, 5.41) is 3.52. The molecule has 0 heterocycles. The topological polar surface area (TPSA) is 12.0 Å². The molecule has 1 saturated carbocycles. The largest absolute Gasteiger partial charge is 0.314 e. The summed E-state index contributed by atoms with van der Waals surface area (Å²) in [6, 6.07) is 4.24. The third kappa shape index (κ3) is 4.50. The molecule has 1 aromatic rings. The van der Waals surface area contributed by atoms with Gasteiger partial charge in [-0.2, -0.15) is 0 Å². The van der Waals surface area contributed by atoms with Crippen LogP contribution < -0.4 is 5.32 Å². The normalized spacial score (nSPS) is 24.0. The van der Waals surface area contributed by atoms with E-state index in [-0.39, 0.29) is 0 Å². The minimum absolute atomic E-state index is 0.299. The van der Waals surface area contributed by atoms with Crippen molar-refractivity contribution < 1.29 is 8.78 Å². The molecule has 1 N–H and O–H groups in total. The number of benzene rings is 1. The van der Waals surface area contributed by atoms with Gasteiger partial charge in [-0.25, -0.2) is 8.78 Å². The van der Waals surface area contributed by atoms with Crippen molar-refractivity contribution in [2.45, 2.75) is 58.4 Å². The lowest BCUT2D eigenvalue weighted by molar-refractivity contribution is 0.217. The summed E-state index contributed by atoms with van der Waals surface area (Å²) < 4.78 is 26.9. The number of rotatable bonds is 6. The number of hydrogen-bond acceptors (Lipinski definition) is 1. The lowest BCUT2D eigenvalue weighted by Gasteiger charge is -2.34. The van der Waals surface area contributed by atoms with Crippen LogP contribution in [0.3, 0.4) is 0 Å². The van der Waals surface area contributed by atoms with Crippen LogP contribution in [0.15, 0.2) is 18.2 Å². The lowest BCUT2D eigenvalue weighted by Crippen LogP contribution is -2.40. The van der Waals surface area contributed by atoms with Gasteiger partial charge in [0.1, 0.15) is 11.6 Å². The molecule has 118 valence electrons. The van der Waals surface area contributed by atoms with Gasteiger partial charge < -0.3 is 5.32 Å². The van der Waals surface area contributed by atoms with Crippen LogP contribution in [-0.4, -0.2) is 12.6 Å². The van der Waals surface area contributed by atoms with E-state index < -0.39 is 11.6 Å². The molecule has 1 unspecified atom stereocenters. The van der Waals surface area contributed by atoms with Gasteiger partial charge in [-0.15, -0.1) is 0 Å². The molecular formula is C18H27F2N. The van der Waals surface area contributed by atoms with Crippen molar-refractivity contribution in [3.63, 3.8) is 0 Å². The van der Waals surface area contributed by atoms with Crippen molar-refractivity contribution >= 4 is 0 Å². The SMILES string of the molecule is CCNC(Cc1ccc(F)cc1F)C1CCC(CC)CC1. The Morgan fingerprint density at radius 1 is 1.14 bits per heavy atom. The van der Waals surface area contributed by atoms with Crippen LogP contribution in [0.25, 0.3) is 0 Å². The maximum Gasteiger partial charge on any atom is 0.129 e. The first kappa shape index (κ1) is 16.4. The first-order chi connectivity index (χ1) is 10.1. The molecule has 0 aromatic heterocycles. The van der Waals surface area contributed by atoms with E-state index >= 15 is 0 Å². The smallest absolute Gasteiger partial charge is 0.129 e. The Balaban J connectivity index is 2.02. The standard InChI is InChI=1S/C18H27F2N/c1-3-13-5-7-14(8-6-13)18(21-4-2)11-15-9-10-16(19)12-17(15)20/h9-10,12-14,18,21H,3-8,11H2,1-2H3. The van der Waals surface area contributed by atoms with E-state index in [4.69, 9.17) is 0 Å². The third-order valence-electron chi connectivity index (χ3n) is 4.96. The fourth-order valence-electron chi connectivity index (χ4n) is 3.59. The molecule has 0 saturated heterocycles. The summed E-state index contributed by atoms with van der Waals surface area (Å²) in [6.45, 7) is 5.24. The van der Waals surface area contributed by atoms with E-state index in [1.165, 1.54) is 38.2 Å². The van der Waals surface area contributed by atoms with Crippen molar-refractivity contribution in [3.05, 3.63) is 35.4 Å². The minimum atomic E-state index is -0.500. The van der Waals surface area contributed by atoms with Gasteiger partial charge in [0.15, 0.2) is 0 Å². The zero-order chi connectivity index (χ0) is 15.2. The van der Waals surface area contributed by atoms with Gasteiger partial charge in [0, 0.05) is 12.1 Å². The molecule has 1 aromatic carbocycles. The van der Waals surface area contributed by atoms with Crippen LogP contribution >= 0.6 is 0 Å². The van der Waals surface area contributed by atoms with Gasteiger partial charge >= 0.3 is 0 Å². The van der Waals surface area contributed by atoms with Crippen molar-refractivity contribution in [2.24, 2.45) is 11.8 Å². The van der Waals surface area contributed by atoms with E-state index in [0.29, 0.717) is 23.9 Å². The first-order valence-electron chi connectivity index (χ1n) is 8.31. The summed E-state index contributed by atoms with van der Waals surface area (Å²) >= 11 is 0. The number of halogens is 2. The summed E-state index contributed by atoms with van der Waals surface area (Å²) in [6.07, 6.45) is 6.94. The molecule has 1 atom stereocenters. The number of likely N-dealkylation sites (N-methyl/N-ethyl adjacent to an activating group) is 1. The average molecular weight is 295 g/mol. The Morgan fingerprint density at radius 2 is 1.86 bits per heavy atom. The van der Waals surface area contributed by atoms with Crippen LogP contribution in [0.5, 0.6) is 0 Å². The quantitative estimate of drug-likeness (QED) is 0.802. The van der Waals surface area contributed by atoms with E-state index in [1.54, 1.807) is 6.07 Å². The highest BCUT2D eigenvalue weighted by atomic mass is 19.1. The maximum atomic E-state index is 13.9. The van der Waals surface area contributed by atoms with Crippen LogP contribution in [0.1, 0.15) is 51.5 Å². The fraction of sp³-hybridized carbons (Fsp3) is 0.667. The molecule has 0 radical (unpaired) electrons. The van der Waals surface area contributed by atoms with Gasteiger partial charge in [0.05, 0.1) is 0 Å². The monoisotopic (exact) mass is 295 g/mol. The average Bonchev–Trinajstić information content (AvgIpc) is 2.49. The second-order valence-electron chi connectivity index (χ2n) is 6.29. The molecular weight excluding hydrogens is 268 g/mol.